The zero-order valence-corrected chi connectivity index (χ0v) is 16.4. The lowest BCUT2D eigenvalue weighted by Crippen LogP contribution is -2.14. The Bertz CT molecular complexity index is 1130. The van der Waals surface area contributed by atoms with E-state index in [1.54, 1.807) is 23.5 Å². The number of hydrogen-bond acceptors (Lipinski definition) is 7. The van der Waals surface area contributed by atoms with Crippen molar-refractivity contribution in [2.45, 2.75) is 45.1 Å². The van der Waals surface area contributed by atoms with Crippen molar-refractivity contribution in [3.05, 3.63) is 66.6 Å². The number of nitro groups is 1. The summed E-state index contributed by atoms with van der Waals surface area (Å²) < 4.78 is 5.21. The van der Waals surface area contributed by atoms with Gasteiger partial charge in [0.15, 0.2) is 0 Å². The number of aryl methyl sites for hydroxylation is 3. The molecule has 9 heteroatoms. The van der Waals surface area contributed by atoms with Gasteiger partial charge in [-0.25, -0.2) is 4.98 Å². The van der Waals surface area contributed by atoms with Crippen molar-refractivity contribution >= 4 is 33.2 Å². The average Bonchev–Trinajstić information content (AvgIpc) is 3.10. The Labute approximate surface area is 169 Å². The van der Waals surface area contributed by atoms with Crippen LogP contribution < -0.4 is 5.56 Å². The molecule has 1 aliphatic rings. The van der Waals surface area contributed by atoms with E-state index in [1.807, 2.05) is 0 Å². The largest absolute Gasteiger partial charge is 0.461 e. The maximum atomic E-state index is 12.5. The van der Waals surface area contributed by atoms with Crippen LogP contribution in [-0.4, -0.2) is 20.9 Å². The second-order valence-electron chi connectivity index (χ2n) is 6.99. The Morgan fingerprint density at radius 3 is 2.76 bits per heavy atom. The van der Waals surface area contributed by atoms with Crippen molar-refractivity contribution < 1.29 is 14.5 Å². The Balaban J connectivity index is 1.37. The van der Waals surface area contributed by atoms with Gasteiger partial charge in [-0.3, -0.25) is 19.7 Å². The molecule has 2 heterocycles. The van der Waals surface area contributed by atoms with E-state index in [4.69, 9.17) is 4.74 Å². The van der Waals surface area contributed by atoms with Crippen LogP contribution in [0.4, 0.5) is 5.69 Å². The highest BCUT2D eigenvalue weighted by molar-refractivity contribution is 7.18. The molecule has 0 saturated carbocycles. The molecule has 1 aromatic carbocycles. The number of fused-ring (bicyclic) bond motifs is 3. The van der Waals surface area contributed by atoms with Crippen LogP contribution in [0.25, 0.3) is 10.2 Å². The number of esters is 1. The van der Waals surface area contributed by atoms with Gasteiger partial charge in [-0.05, 0) is 48.9 Å². The average molecular weight is 413 g/mol. The summed E-state index contributed by atoms with van der Waals surface area (Å²) >= 11 is 1.58. The van der Waals surface area contributed by atoms with Crippen LogP contribution in [0.2, 0.25) is 0 Å². The Morgan fingerprint density at radius 1 is 1.24 bits per heavy atom. The SMILES string of the molecule is O=C(CCc1nc2sc3c(c2c(=O)[nH]1)CCCC3)OCc1ccc([N+](=O)[O-])cc1. The number of thiophene rings is 1. The Hall–Kier alpha value is -3.07. The van der Waals surface area contributed by atoms with E-state index >= 15 is 0 Å². The summed E-state index contributed by atoms with van der Waals surface area (Å²) in [6.45, 7) is 0.0391. The molecule has 0 amide bonds. The molecule has 29 heavy (non-hydrogen) atoms. The molecule has 1 N–H and O–H groups in total. The number of nitro benzene ring substituents is 1. The van der Waals surface area contributed by atoms with Crippen LogP contribution in [-0.2, 0) is 35.4 Å². The predicted molar refractivity (Wildman–Crippen MR) is 108 cm³/mol. The third-order valence-electron chi connectivity index (χ3n) is 4.99. The molecule has 0 saturated heterocycles. The lowest BCUT2D eigenvalue weighted by atomic mass is 9.97. The minimum absolute atomic E-state index is 0.0132. The van der Waals surface area contributed by atoms with Crippen LogP contribution in [0.15, 0.2) is 29.1 Å². The van der Waals surface area contributed by atoms with E-state index in [9.17, 15) is 19.7 Å². The van der Waals surface area contributed by atoms with Gasteiger partial charge >= 0.3 is 5.97 Å². The number of aromatic amines is 1. The van der Waals surface area contributed by atoms with Crippen LogP contribution >= 0.6 is 11.3 Å². The summed E-state index contributed by atoms with van der Waals surface area (Å²) in [5.74, 6) is 0.0601. The van der Waals surface area contributed by atoms with Crippen LogP contribution in [0, 0.1) is 10.1 Å². The summed E-state index contributed by atoms with van der Waals surface area (Å²) in [6, 6.07) is 5.84. The molecule has 1 aliphatic carbocycles. The molecule has 2 aromatic heterocycles. The zero-order chi connectivity index (χ0) is 20.4. The molecular formula is C20H19N3O5S. The van der Waals surface area contributed by atoms with Crippen LogP contribution in [0.1, 0.15) is 41.1 Å². The molecule has 0 radical (unpaired) electrons. The van der Waals surface area contributed by atoms with Crippen molar-refractivity contribution in [3.63, 3.8) is 0 Å². The molecule has 0 unspecified atom stereocenters. The molecule has 4 rings (SSSR count). The van der Waals surface area contributed by atoms with E-state index in [0.29, 0.717) is 16.8 Å². The zero-order valence-electron chi connectivity index (χ0n) is 15.6. The van der Waals surface area contributed by atoms with Crippen molar-refractivity contribution in [1.82, 2.24) is 9.97 Å². The lowest BCUT2D eigenvalue weighted by Gasteiger charge is -2.09. The summed E-state index contributed by atoms with van der Waals surface area (Å²) in [7, 11) is 0. The molecule has 0 bridgehead atoms. The molecule has 150 valence electrons. The lowest BCUT2D eigenvalue weighted by molar-refractivity contribution is -0.384. The van der Waals surface area contributed by atoms with E-state index < -0.39 is 10.9 Å². The topological polar surface area (TPSA) is 115 Å². The van der Waals surface area contributed by atoms with Gasteiger partial charge in [-0.1, -0.05) is 0 Å². The van der Waals surface area contributed by atoms with E-state index in [0.717, 1.165) is 36.1 Å². The number of nitrogens with one attached hydrogen (secondary N) is 1. The molecule has 0 atom stereocenters. The van der Waals surface area contributed by atoms with Gasteiger partial charge in [0.25, 0.3) is 11.2 Å². The third kappa shape index (κ3) is 4.19. The summed E-state index contributed by atoms with van der Waals surface area (Å²) in [5, 5.41) is 11.4. The standard InChI is InChI=1S/C20H19N3O5S/c24-17(28-11-12-5-7-13(8-6-12)23(26)27)10-9-16-21-19(25)18-14-3-1-2-4-15(14)29-20(18)22-16/h5-8H,1-4,9-11H2,(H,21,22,25). The number of rotatable bonds is 6. The first-order valence-electron chi connectivity index (χ1n) is 9.43. The number of H-pyrrole nitrogens is 1. The normalized spacial score (nSPS) is 13.2. The van der Waals surface area contributed by atoms with Crippen molar-refractivity contribution in [2.24, 2.45) is 0 Å². The fourth-order valence-corrected chi connectivity index (χ4v) is 4.78. The number of ether oxygens (including phenoxy) is 1. The number of carbonyl (C=O) groups excluding carboxylic acids is 1. The van der Waals surface area contributed by atoms with E-state index in [-0.39, 0.29) is 30.7 Å². The Morgan fingerprint density at radius 2 is 2.00 bits per heavy atom. The molecule has 3 aromatic rings. The number of carbonyl (C=O) groups is 1. The highest BCUT2D eigenvalue weighted by Crippen LogP contribution is 2.33. The number of benzene rings is 1. The highest BCUT2D eigenvalue weighted by atomic mass is 32.1. The highest BCUT2D eigenvalue weighted by Gasteiger charge is 2.20. The Kier molecular flexibility index (Phi) is 5.39. The summed E-state index contributed by atoms with van der Waals surface area (Å²) in [5.41, 5.74) is 1.66. The van der Waals surface area contributed by atoms with Gasteiger partial charge in [0, 0.05) is 23.4 Å². The second kappa shape index (κ2) is 8.12. The smallest absolute Gasteiger partial charge is 0.306 e. The van der Waals surface area contributed by atoms with Crippen molar-refractivity contribution in [1.29, 1.82) is 0 Å². The van der Waals surface area contributed by atoms with Crippen LogP contribution in [0.5, 0.6) is 0 Å². The van der Waals surface area contributed by atoms with E-state index in [1.165, 1.54) is 17.0 Å². The first-order chi connectivity index (χ1) is 14.0. The third-order valence-corrected chi connectivity index (χ3v) is 6.17. The van der Waals surface area contributed by atoms with Gasteiger partial charge < -0.3 is 9.72 Å². The maximum Gasteiger partial charge on any atom is 0.306 e. The van der Waals surface area contributed by atoms with Gasteiger partial charge in [0.05, 0.1) is 16.7 Å². The van der Waals surface area contributed by atoms with Gasteiger partial charge in [0.1, 0.15) is 17.3 Å². The fourth-order valence-electron chi connectivity index (χ4n) is 3.50. The molecule has 8 nitrogen and oxygen atoms in total. The minimum Gasteiger partial charge on any atom is -0.461 e. The first-order valence-corrected chi connectivity index (χ1v) is 10.3. The molecular weight excluding hydrogens is 394 g/mol. The van der Waals surface area contributed by atoms with Gasteiger partial charge in [0.2, 0.25) is 0 Å². The minimum atomic E-state index is -0.482. The van der Waals surface area contributed by atoms with Gasteiger partial charge in [-0.2, -0.15) is 0 Å². The van der Waals surface area contributed by atoms with E-state index in [2.05, 4.69) is 9.97 Å². The second-order valence-corrected chi connectivity index (χ2v) is 8.07. The fraction of sp³-hybridized carbons (Fsp3) is 0.350. The van der Waals surface area contributed by atoms with Crippen LogP contribution in [0.3, 0.4) is 0 Å². The first kappa shape index (κ1) is 19.3. The van der Waals surface area contributed by atoms with Crippen molar-refractivity contribution in [2.75, 3.05) is 0 Å². The summed E-state index contributed by atoms with van der Waals surface area (Å²) in [4.78, 5) is 44.1. The molecule has 0 spiro atoms. The number of aromatic nitrogens is 2. The molecule has 0 fully saturated rings. The number of non-ortho nitro benzene ring substituents is 1. The quantitative estimate of drug-likeness (QED) is 0.376. The number of hydrogen-bond donors (Lipinski definition) is 1. The van der Waals surface area contributed by atoms with Crippen molar-refractivity contribution in [3.8, 4) is 0 Å². The van der Waals surface area contributed by atoms with Gasteiger partial charge in [-0.15, -0.1) is 11.3 Å². The molecule has 0 aliphatic heterocycles. The number of nitrogens with zero attached hydrogens (tertiary/aromatic N) is 2. The summed E-state index contributed by atoms with van der Waals surface area (Å²) in [6.07, 6.45) is 4.54. The monoisotopic (exact) mass is 413 g/mol. The predicted octanol–water partition coefficient (Wildman–Crippen LogP) is 3.45. The maximum absolute atomic E-state index is 12.5.